The van der Waals surface area contributed by atoms with Gasteiger partial charge in [-0.25, -0.2) is 4.79 Å². The summed E-state index contributed by atoms with van der Waals surface area (Å²) >= 11 is 0. The zero-order valence-corrected chi connectivity index (χ0v) is 14.8. The monoisotopic (exact) mass is 353 g/mol. The first-order chi connectivity index (χ1) is 12.4. The topological polar surface area (TPSA) is 97.5 Å². The van der Waals surface area contributed by atoms with Gasteiger partial charge in [-0.05, 0) is 73.5 Å². The number of benzene rings is 1. The molecular weight excluding hydrogens is 334 g/mol. The van der Waals surface area contributed by atoms with Gasteiger partial charge in [0, 0.05) is 12.2 Å². The van der Waals surface area contributed by atoms with E-state index in [2.05, 4.69) is 25.9 Å². The third kappa shape index (κ3) is 3.15. The number of anilines is 3. The summed E-state index contributed by atoms with van der Waals surface area (Å²) in [6, 6.07) is 9.45. The molecule has 134 valence electrons. The normalized spacial score (nSPS) is 13.7. The highest BCUT2D eigenvalue weighted by Gasteiger charge is 2.29. The number of ether oxygens (including phenoxy) is 1. The second-order valence-electron chi connectivity index (χ2n) is 7.10. The van der Waals surface area contributed by atoms with Crippen molar-refractivity contribution < 1.29 is 9.53 Å². The van der Waals surface area contributed by atoms with Gasteiger partial charge in [-0.2, -0.15) is 0 Å². The third-order valence-electron chi connectivity index (χ3n) is 3.93. The second-order valence-corrected chi connectivity index (χ2v) is 7.10. The molecule has 0 saturated heterocycles. The Kier molecular flexibility index (Phi) is 3.71. The lowest BCUT2D eigenvalue weighted by Crippen LogP contribution is -2.35. The van der Waals surface area contributed by atoms with Gasteiger partial charge in [0.05, 0.1) is 5.69 Å². The lowest BCUT2D eigenvalue weighted by atomic mass is 10.1. The summed E-state index contributed by atoms with van der Waals surface area (Å²) in [5.74, 6) is 0.631. The first-order valence-electron chi connectivity index (χ1n) is 8.35. The van der Waals surface area contributed by atoms with Crippen LogP contribution >= 0.6 is 0 Å². The largest absolute Gasteiger partial charge is 0.443 e. The summed E-state index contributed by atoms with van der Waals surface area (Å²) in [6.07, 6.45) is 0.464. The van der Waals surface area contributed by atoms with Crippen LogP contribution in [0.1, 0.15) is 26.3 Å². The summed E-state index contributed by atoms with van der Waals surface area (Å²) in [4.78, 5) is 14.0. The minimum Gasteiger partial charge on any atom is -0.443 e. The maximum Gasteiger partial charge on any atom is 0.414 e. The molecule has 1 N–H and O–H groups in total. The predicted octanol–water partition coefficient (Wildman–Crippen LogP) is 2.56. The molecule has 3 aromatic rings. The molecule has 0 unspecified atom stereocenters. The van der Waals surface area contributed by atoms with Crippen molar-refractivity contribution >= 4 is 28.9 Å². The van der Waals surface area contributed by atoms with E-state index in [1.54, 1.807) is 11.0 Å². The van der Waals surface area contributed by atoms with Crippen molar-refractivity contribution in [3.05, 3.63) is 35.9 Å². The maximum absolute atomic E-state index is 12.4. The minimum absolute atomic E-state index is 0.317. The zero-order chi connectivity index (χ0) is 18.3. The van der Waals surface area contributed by atoms with E-state index in [9.17, 15) is 4.79 Å². The van der Waals surface area contributed by atoms with Crippen LogP contribution in [0.15, 0.2) is 30.3 Å². The van der Waals surface area contributed by atoms with Gasteiger partial charge >= 0.3 is 6.09 Å². The molecule has 0 atom stereocenters. The molecule has 0 saturated carbocycles. The Morgan fingerprint density at radius 1 is 1.23 bits per heavy atom. The number of nitrogens with one attached hydrogen (secondary N) is 1. The van der Waals surface area contributed by atoms with E-state index in [1.165, 1.54) is 4.63 Å². The summed E-state index contributed by atoms with van der Waals surface area (Å²) in [5.41, 5.74) is 2.92. The standard InChI is InChI=1S/C17H19N7O2/c1-17(2,3)26-16(25)23-9-8-11-10-12(4-5-13(11)23)18-14-6-7-15-19-21-22-24(15)20-14/h4-7,10H,8-9H2,1-3H3,(H,18,20). The first kappa shape index (κ1) is 16.2. The molecule has 2 aromatic heterocycles. The number of fused-ring (bicyclic) bond motifs is 2. The van der Waals surface area contributed by atoms with E-state index in [-0.39, 0.29) is 6.09 Å². The summed E-state index contributed by atoms with van der Waals surface area (Å²) in [6.45, 7) is 6.21. The van der Waals surface area contributed by atoms with Crippen LogP contribution < -0.4 is 10.2 Å². The molecule has 1 aliphatic rings. The second kappa shape index (κ2) is 5.94. The van der Waals surface area contributed by atoms with Gasteiger partial charge in [0.15, 0.2) is 11.5 Å². The van der Waals surface area contributed by atoms with E-state index >= 15 is 0 Å². The number of carbonyl (C=O) groups is 1. The van der Waals surface area contributed by atoms with Crippen molar-refractivity contribution in [1.82, 2.24) is 25.3 Å². The van der Waals surface area contributed by atoms with Gasteiger partial charge in [-0.3, -0.25) is 4.90 Å². The van der Waals surface area contributed by atoms with Crippen molar-refractivity contribution in [1.29, 1.82) is 0 Å². The van der Waals surface area contributed by atoms with Crippen LogP contribution in [0.5, 0.6) is 0 Å². The Bertz CT molecular complexity index is 977. The zero-order valence-electron chi connectivity index (χ0n) is 14.8. The number of nitrogens with zero attached hydrogens (tertiary/aromatic N) is 6. The Hall–Kier alpha value is -3.23. The average molecular weight is 353 g/mol. The first-order valence-corrected chi connectivity index (χ1v) is 8.35. The fourth-order valence-corrected chi connectivity index (χ4v) is 2.85. The highest BCUT2D eigenvalue weighted by Crippen LogP contribution is 2.32. The van der Waals surface area contributed by atoms with Crippen molar-refractivity contribution in [2.75, 3.05) is 16.8 Å². The van der Waals surface area contributed by atoms with Crippen LogP contribution in [0.3, 0.4) is 0 Å². The van der Waals surface area contributed by atoms with Crippen LogP contribution in [0.2, 0.25) is 0 Å². The highest BCUT2D eigenvalue weighted by molar-refractivity contribution is 5.91. The maximum atomic E-state index is 12.4. The molecule has 0 radical (unpaired) electrons. The molecule has 1 aliphatic heterocycles. The van der Waals surface area contributed by atoms with Gasteiger partial charge < -0.3 is 10.1 Å². The predicted molar refractivity (Wildman–Crippen MR) is 95.6 cm³/mol. The van der Waals surface area contributed by atoms with Crippen molar-refractivity contribution in [3.63, 3.8) is 0 Å². The van der Waals surface area contributed by atoms with Gasteiger partial charge in [0.1, 0.15) is 5.60 Å². The molecule has 1 amide bonds. The lowest BCUT2D eigenvalue weighted by Gasteiger charge is -2.24. The highest BCUT2D eigenvalue weighted by atomic mass is 16.6. The molecule has 0 aliphatic carbocycles. The average Bonchev–Trinajstić information content (AvgIpc) is 3.18. The summed E-state index contributed by atoms with van der Waals surface area (Å²) < 4.78 is 6.84. The van der Waals surface area contributed by atoms with Gasteiger partial charge in [-0.15, -0.1) is 14.8 Å². The van der Waals surface area contributed by atoms with Crippen molar-refractivity contribution in [2.24, 2.45) is 0 Å². The number of aromatic nitrogens is 5. The van der Waals surface area contributed by atoms with Gasteiger partial charge in [0.2, 0.25) is 0 Å². The van der Waals surface area contributed by atoms with Crippen LogP contribution in [0.4, 0.5) is 22.0 Å². The van der Waals surface area contributed by atoms with Gasteiger partial charge in [0.25, 0.3) is 0 Å². The van der Waals surface area contributed by atoms with E-state index in [0.29, 0.717) is 18.0 Å². The number of amides is 1. The SMILES string of the molecule is CC(C)(C)OC(=O)N1CCc2cc(Nc3ccc4nnnn4n3)ccc21. The molecule has 0 spiro atoms. The fraction of sp³-hybridized carbons (Fsp3) is 0.353. The van der Waals surface area contributed by atoms with E-state index < -0.39 is 5.60 Å². The quantitative estimate of drug-likeness (QED) is 0.756. The van der Waals surface area contributed by atoms with Crippen LogP contribution in [-0.2, 0) is 11.2 Å². The fourth-order valence-electron chi connectivity index (χ4n) is 2.85. The molecule has 9 heteroatoms. The molecular formula is C17H19N7O2. The molecule has 3 heterocycles. The Morgan fingerprint density at radius 2 is 2.08 bits per heavy atom. The molecule has 9 nitrogen and oxygen atoms in total. The Labute approximate surface area is 149 Å². The molecule has 26 heavy (non-hydrogen) atoms. The van der Waals surface area contributed by atoms with Crippen molar-refractivity contribution in [2.45, 2.75) is 32.8 Å². The van der Waals surface area contributed by atoms with Gasteiger partial charge in [-0.1, -0.05) is 0 Å². The number of tetrazole rings is 1. The van der Waals surface area contributed by atoms with Crippen LogP contribution in [0.25, 0.3) is 5.65 Å². The summed E-state index contributed by atoms with van der Waals surface area (Å²) in [7, 11) is 0. The molecule has 4 rings (SSSR count). The number of hydrogen-bond acceptors (Lipinski definition) is 7. The smallest absolute Gasteiger partial charge is 0.414 e. The summed E-state index contributed by atoms with van der Waals surface area (Å²) in [5, 5.41) is 18.7. The van der Waals surface area contributed by atoms with Crippen LogP contribution in [-0.4, -0.2) is 43.5 Å². The number of carbonyl (C=O) groups excluding carboxylic acids is 1. The number of hydrogen-bond donors (Lipinski definition) is 1. The Balaban J connectivity index is 1.53. The van der Waals surface area contributed by atoms with E-state index in [1.807, 2.05) is 45.0 Å². The lowest BCUT2D eigenvalue weighted by molar-refractivity contribution is 0.0584. The molecule has 1 aromatic carbocycles. The molecule has 0 fully saturated rings. The van der Waals surface area contributed by atoms with Crippen LogP contribution in [0, 0.1) is 0 Å². The molecule has 0 bridgehead atoms. The minimum atomic E-state index is -0.512. The van der Waals surface area contributed by atoms with E-state index in [0.717, 1.165) is 23.4 Å². The third-order valence-corrected chi connectivity index (χ3v) is 3.93. The number of rotatable bonds is 2. The van der Waals surface area contributed by atoms with Crippen molar-refractivity contribution in [3.8, 4) is 0 Å². The van der Waals surface area contributed by atoms with E-state index in [4.69, 9.17) is 4.74 Å². The Morgan fingerprint density at radius 3 is 2.88 bits per heavy atom.